The molecule has 0 radical (unpaired) electrons. The predicted octanol–water partition coefficient (Wildman–Crippen LogP) is 2.51. The Bertz CT molecular complexity index is 611. The molecule has 6 heteroatoms. The molecule has 6 nitrogen and oxygen atoms in total. The Kier molecular flexibility index (Phi) is 4.81. The maximum absolute atomic E-state index is 9.21. The Hall–Kier alpha value is -2.08. The van der Waals surface area contributed by atoms with Crippen LogP contribution < -0.4 is 10.2 Å². The highest BCUT2D eigenvalue weighted by Crippen LogP contribution is 2.23. The fraction of sp³-hybridized carbons (Fsp3) is 0.529. The maximum Gasteiger partial charge on any atom is 0.138 e. The summed E-state index contributed by atoms with van der Waals surface area (Å²) in [6.45, 7) is 6.80. The maximum atomic E-state index is 9.21. The van der Waals surface area contributed by atoms with Crippen LogP contribution in [0.2, 0.25) is 0 Å². The van der Waals surface area contributed by atoms with Crippen molar-refractivity contribution in [2.24, 2.45) is 5.92 Å². The fourth-order valence-electron chi connectivity index (χ4n) is 2.98. The second kappa shape index (κ2) is 7.00. The monoisotopic (exact) mass is 316 g/mol. The molecular weight excluding hydrogens is 292 g/mol. The molecule has 1 aliphatic rings. The average Bonchev–Trinajstić information content (AvgIpc) is 2.92. The lowest BCUT2D eigenvalue weighted by Gasteiger charge is -2.32. The number of aliphatic hydroxyl groups excluding tert-OH is 1. The van der Waals surface area contributed by atoms with Gasteiger partial charge in [0, 0.05) is 31.8 Å². The van der Waals surface area contributed by atoms with Crippen molar-refractivity contribution in [3.63, 3.8) is 0 Å². The van der Waals surface area contributed by atoms with E-state index in [-0.39, 0.29) is 0 Å². The normalized spacial score (nSPS) is 15.9. The average molecular weight is 316 g/mol. The van der Waals surface area contributed by atoms with Crippen LogP contribution in [-0.2, 0) is 6.54 Å². The summed E-state index contributed by atoms with van der Waals surface area (Å²) in [4.78, 5) is 6.83. The number of piperidine rings is 1. The molecule has 0 unspecified atom stereocenters. The van der Waals surface area contributed by atoms with Crippen LogP contribution in [0, 0.1) is 19.8 Å². The first-order valence-corrected chi connectivity index (χ1v) is 8.15. The first-order valence-electron chi connectivity index (χ1n) is 8.15. The molecular formula is C17H24N4O2. The van der Waals surface area contributed by atoms with Crippen molar-refractivity contribution in [2.45, 2.75) is 33.2 Å². The Labute approximate surface area is 136 Å². The molecule has 0 spiro atoms. The molecule has 3 heterocycles. The number of aromatic nitrogens is 2. The van der Waals surface area contributed by atoms with Crippen LogP contribution in [0.5, 0.6) is 0 Å². The number of rotatable bonds is 5. The molecule has 3 rings (SSSR count). The van der Waals surface area contributed by atoms with Gasteiger partial charge in [0.25, 0.3) is 0 Å². The Morgan fingerprint density at radius 3 is 2.65 bits per heavy atom. The molecule has 0 saturated carbocycles. The first-order chi connectivity index (χ1) is 11.2. The molecule has 1 saturated heterocycles. The Balaban J connectivity index is 1.57. The van der Waals surface area contributed by atoms with Gasteiger partial charge in [-0.15, -0.1) is 0 Å². The number of nitrogens with one attached hydrogen (secondary N) is 1. The highest BCUT2D eigenvalue weighted by molar-refractivity contribution is 5.50. The number of anilines is 2. The SMILES string of the molecule is Cc1noc(C)c1CNc1ccc(N2CCC(CO)CC2)cn1. The minimum absolute atomic E-state index is 0.302. The highest BCUT2D eigenvalue weighted by atomic mass is 16.5. The van der Waals surface area contributed by atoms with Gasteiger partial charge in [0.15, 0.2) is 0 Å². The summed E-state index contributed by atoms with van der Waals surface area (Å²) in [7, 11) is 0. The minimum atomic E-state index is 0.302. The van der Waals surface area contributed by atoms with E-state index >= 15 is 0 Å². The summed E-state index contributed by atoms with van der Waals surface area (Å²) in [6.07, 6.45) is 4.00. The third-order valence-corrected chi connectivity index (χ3v) is 4.61. The summed E-state index contributed by atoms with van der Waals surface area (Å²) in [5.41, 5.74) is 3.14. The topological polar surface area (TPSA) is 74.4 Å². The highest BCUT2D eigenvalue weighted by Gasteiger charge is 2.18. The zero-order chi connectivity index (χ0) is 16.2. The molecule has 0 amide bonds. The Morgan fingerprint density at radius 2 is 2.09 bits per heavy atom. The quantitative estimate of drug-likeness (QED) is 0.883. The molecule has 0 aliphatic carbocycles. The lowest BCUT2D eigenvalue weighted by molar-refractivity contribution is 0.203. The molecule has 2 aromatic heterocycles. The van der Waals surface area contributed by atoms with Crippen molar-refractivity contribution in [3.05, 3.63) is 35.3 Å². The zero-order valence-corrected chi connectivity index (χ0v) is 13.7. The van der Waals surface area contributed by atoms with E-state index in [1.54, 1.807) is 0 Å². The van der Waals surface area contributed by atoms with E-state index in [9.17, 15) is 5.11 Å². The Morgan fingerprint density at radius 1 is 1.30 bits per heavy atom. The van der Waals surface area contributed by atoms with E-state index in [1.165, 1.54) is 0 Å². The molecule has 0 bridgehead atoms. The summed E-state index contributed by atoms with van der Waals surface area (Å²) in [6, 6.07) is 4.10. The lowest BCUT2D eigenvalue weighted by atomic mass is 9.98. The minimum Gasteiger partial charge on any atom is -0.396 e. The third-order valence-electron chi connectivity index (χ3n) is 4.61. The first kappa shape index (κ1) is 15.8. The summed E-state index contributed by atoms with van der Waals surface area (Å²) in [5, 5.41) is 16.5. The molecule has 1 fully saturated rings. The number of pyridine rings is 1. The summed E-state index contributed by atoms with van der Waals surface area (Å²) in [5.74, 6) is 2.15. The molecule has 0 atom stereocenters. The molecule has 0 aromatic carbocycles. The largest absolute Gasteiger partial charge is 0.396 e. The third kappa shape index (κ3) is 3.64. The molecule has 124 valence electrons. The van der Waals surface area contributed by atoms with E-state index in [4.69, 9.17) is 4.52 Å². The number of hydrogen-bond acceptors (Lipinski definition) is 6. The number of hydrogen-bond donors (Lipinski definition) is 2. The van der Waals surface area contributed by atoms with Crippen molar-refractivity contribution in [1.29, 1.82) is 0 Å². The second-order valence-corrected chi connectivity index (χ2v) is 6.17. The van der Waals surface area contributed by atoms with Gasteiger partial charge in [-0.2, -0.15) is 0 Å². The predicted molar refractivity (Wildman–Crippen MR) is 89.6 cm³/mol. The van der Waals surface area contributed by atoms with E-state index in [0.717, 1.165) is 54.5 Å². The number of nitrogens with zero attached hydrogens (tertiary/aromatic N) is 3. The van der Waals surface area contributed by atoms with Gasteiger partial charge < -0.3 is 19.8 Å². The van der Waals surface area contributed by atoms with Gasteiger partial charge >= 0.3 is 0 Å². The van der Waals surface area contributed by atoms with Crippen molar-refractivity contribution in [1.82, 2.24) is 10.1 Å². The second-order valence-electron chi connectivity index (χ2n) is 6.17. The van der Waals surface area contributed by atoms with Crippen LogP contribution in [-0.4, -0.2) is 34.9 Å². The molecule has 1 aliphatic heterocycles. The van der Waals surface area contributed by atoms with Crippen molar-refractivity contribution in [3.8, 4) is 0 Å². The van der Waals surface area contributed by atoms with Crippen molar-refractivity contribution < 1.29 is 9.63 Å². The van der Waals surface area contributed by atoms with Crippen LogP contribution in [0.3, 0.4) is 0 Å². The van der Waals surface area contributed by atoms with Gasteiger partial charge in [-0.1, -0.05) is 5.16 Å². The number of aliphatic hydroxyl groups is 1. The van der Waals surface area contributed by atoms with Gasteiger partial charge in [-0.25, -0.2) is 4.98 Å². The van der Waals surface area contributed by atoms with E-state index in [1.807, 2.05) is 26.1 Å². The molecule has 2 N–H and O–H groups in total. The standard InChI is InChI=1S/C17H24N4O2/c1-12-16(13(2)23-20-12)10-19-17-4-3-15(9-18-17)21-7-5-14(11-22)6-8-21/h3-4,9,14,22H,5-8,10-11H2,1-2H3,(H,18,19). The van der Waals surface area contributed by atoms with Crippen molar-refractivity contribution in [2.75, 3.05) is 29.9 Å². The van der Waals surface area contributed by atoms with Gasteiger partial charge in [-0.3, -0.25) is 0 Å². The van der Waals surface area contributed by atoms with Crippen molar-refractivity contribution >= 4 is 11.5 Å². The summed E-state index contributed by atoms with van der Waals surface area (Å²) < 4.78 is 5.17. The van der Waals surface area contributed by atoms with Crippen LogP contribution in [0.4, 0.5) is 11.5 Å². The zero-order valence-electron chi connectivity index (χ0n) is 13.7. The fourth-order valence-corrected chi connectivity index (χ4v) is 2.98. The molecule has 2 aromatic rings. The molecule has 23 heavy (non-hydrogen) atoms. The van der Waals surface area contributed by atoms with Gasteiger partial charge in [0.1, 0.15) is 11.6 Å². The van der Waals surface area contributed by atoms with Crippen LogP contribution in [0.15, 0.2) is 22.9 Å². The smallest absolute Gasteiger partial charge is 0.138 e. The van der Waals surface area contributed by atoms with E-state index < -0.39 is 0 Å². The van der Waals surface area contributed by atoms with Gasteiger partial charge in [0.05, 0.1) is 17.6 Å². The van der Waals surface area contributed by atoms with Gasteiger partial charge in [-0.05, 0) is 44.7 Å². The lowest BCUT2D eigenvalue weighted by Crippen LogP contribution is -2.34. The van der Waals surface area contributed by atoms with Crippen LogP contribution in [0.1, 0.15) is 29.9 Å². The van der Waals surface area contributed by atoms with E-state index in [0.29, 0.717) is 19.1 Å². The van der Waals surface area contributed by atoms with Gasteiger partial charge in [0.2, 0.25) is 0 Å². The summed E-state index contributed by atoms with van der Waals surface area (Å²) >= 11 is 0. The van der Waals surface area contributed by atoms with Crippen LogP contribution in [0.25, 0.3) is 0 Å². The number of aryl methyl sites for hydroxylation is 2. The van der Waals surface area contributed by atoms with E-state index in [2.05, 4.69) is 26.4 Å². The van der Waals surface area contributed by atoms with Crippen LogP contribution >= 0.6 is 0 Å².